The van der Waals surface area contributed by atoms with E-state index in [9.17, 15) is 4.79 Å². The van der Waals surface area contributed by atoms with Crippen molar-refractivity contribution in [3.63, 3.8) is 0 Å². The molecule has 1 saturated heterocycles. The zero-order valence-electron chi connectivity index (χ0n) is 13.2. The number of hydrogen-bond donors (Lipinski definition) is 0. The quantitative estimate of drug-likeness (QED) is 0.832. The Morgan fingerprint density at radius 1 is 1.52 bits per heavy atom. The number of Topliss-reactive ketones (excluding diaryl/α,β-unsaturated/α-hetero) is 1. The second-order valence-corrected chi connectivity index (χ2v) is 6.15. The lowest BCUT2D eigenvalue weighted by Gasteiger charge is -2.34. The van der Waals surface area contributed by atoms with Crippen LogP contribution in [0, 0.1) is 0 Å². The van der Waals surface area contributed by atoms with Crippen LogP contribution in [0.2, 0.25) is 5.02 Å². The van der Waals surface area contributed by atoms with Gasteiger partial charge in [0.15, 0.2) is 5.78 Å². The highest BCUT2D eigenvalue weighted by Crippen LogP contribution is 2.22. The molecule has 0 spiro atoms. The minimum Gasteiger partial charge on any atom is -0.368 e. The van der Waals surface area contributed by atoms with Crippen LogP contribution in [0.5, 0.6) is 0 Å². The predicted molar refractivity (Wildman–Crippen MR) is 82.8 cm³/mol. The molecule has 0 bridgehead atoms. The number of rotatable bonds is 5. The minimum absolute atomic E-state index is 0.0768. The Bertz CT molecular complexity index is 513. The summed E-state index contributed by atoms with van der Waals surface area (Å²) in [5.41, 5.74) is 1.62. The van der Waals surface area contributed by atoms with E-state index in [2.05, 4.69) is 23.8 Å². The van der Waals surface area contributed by atoms with Gasteiger partial charge in [-0.25, -0.2) is 0 Å². The first-order chi connectivity index (χ1) is 9.93. The first kappa shape index (κ1) is 16.5. The predicted octanol–water partition coefficient (Wildman–Crippen LogP) is 1.86. The first-order valence-corrected chi connectivity index (χ1v) is 7.90. The molecule has 1 aromatic rings. The lowest BCUT2D eigenvalue weighted by molar-refractivity contribution is -0.136. The van der Waals surface area contributed by atoms with E-state index in [1.165, 1.54) is 0 Å². The molecule has 6 heteroatoms. The summed E-state index contributed by atoms with van der Waals surface area (Å²) in [5, 5.41) is 4.97. The van der Waals surface area contributed by atoms with Gasteiger partial charge in [0.2, 0.25) is 0 Å². The third kappa shape index (κ3) is 3.65. The highest BCUT2D eigenvalue weighted by Gasteiger charge is 2.29. The van der Waals surface area contributed by atoms with E-state index in [1.54, 1.807) is 4.68 Å². The molecule has 1 aromatic heterocycles. The number of carbonyl (C=O) groups is 1. The number of nitrogens with zero attached hydrogens (tertiary/aromatic N) is 3. The van der Waals surface area contributed by atoms with Crippen molar-refractivity contribution in [2.24, 2.45) is 7.05 Å². The van der Waals surface area contributed by atoms with Crippen molar-refractivity contribution in [1.29, 1.82) is 0 Å². The van der Waals surface area contributed by atoms with Crippen LogP contribution in [0.3, 0.4) is 0 Å². The molecule has 2 heterocycles. The second-order valence-electron chi connectivity index (χ2n) is 5.78. The summed E-state index contributed by atoms with van der Waals surface area (Å²) in [6, 6.07) is 0.427. The van der Waals surface area contributed by atoms with E-state index in [4.69, 9.17) is 16.3 Å². The Balaban J connectivity index is 2.06. The topological polar surface area (TPSA) is 47.4 Å². The van der Waals surface area contributed by atoms with Gasteiger partial charge in [-0.1, -0.05) is 18.5 Å². The monoisotopic (exact) mass is 313 g/mol. The highest BCUT2D eigenvalue weighted by molar-refractivity contribution is 6.32. The maximum atomic E-state index is 12.5. The third-order valence-electron chi connectivity index (χ3n) is 4.03. The van der Waals surface area contributed by atoms with Crippen LogP contribution in [-0.2, 0) is 29.4 Å². The maximum absolute atomic E-state index is 12.5. The van der Waals surface area contributed by atoms with Gasteiger partial charge >= 0.3 is 0 Å². The Morgan fingerprint density at radius 2 is 2.24 bits per heavy atom. The van der Waals surface area contributed by atoms with E-state index in [0.29, 0.717) is 24.2 Å². The van der Waals surface area contributed by atoms with E-state index in [0.717, 1.165) is 24.4 Å². The third-order valence-corrected chi connectivity index (χ3v) is 4.47. The van der Waals surface area contributed by atoms with Crippen molar-refractivity contribution < 1.29 is 9.53 Å². The number of ketones is 1. The number of aromatic nitrogens is 2. The minimum atomic E-state index is -0.364. The molecule has 0 aromatic carbocycles. The molecule has 1 fully saturated rings. The van der Waals surface area contributed by atoms with Crippen molar-refractivity contribution in [3.8, 4) is 0 Å². The zero-order chi connectivity index (χ0) is 15.6. The molecule has 5 nitrogen and oxygen atoms in total. The highest BCUT2D eigenvalue weighted by atomic mass is 35.5. The van der Waals surface area contributed by atoms with E-state index in [1.807, 2.05) is 14.0 Å². The summed E-state index contributed by atoms with van der Waals surface area (Å²) in [6.07, 6.45) is 0.679. The van der Waals surface area contributed by atoms with Crippen LogP contribution >= 0.6 is 11.6 Å². The summed E-state index contributed by atoms with van der Waals surface area (Å²) >= 11 is 6.31. The molecule has 2 rings (SSSR count). The first-order valence-electron chi connectivity index (χ1n) is 7.52. The standard InChI is InChI=1S/C15H24ClN3O2/c1-5-11-15(16)12(18(4)17-11)8-13(20)14-9-19(10(2)3)6-7-21-14/h10,14H,5-9H2,1-4H3. The Kier molecular flexibility index (Phi) is 5.41. The molecule has 0 amide bonds. The van der Waals surface area contributed by atoms with Crippen LogP contribution in [0.1, 0.15) is 32.2 Å². The van der Waals surface area contributed by atoms with Crippen LogP contribution < -0.4 is 0 Å². The Labute approximate surface area is 131 Å². The largest absolute Gasteiger partial charge is 0.368 e. The molecule has 1 atom stereocenters. The summed E-state index contributed by atoms with van der Waals surface area (Å²) in [7, 11) is 1.83. The van der Waals surface area contributed by atoms with Crippen molar-refractivity contribution in [1.82, 2.24) is 14.7 Å². The van der Waals surface area contributed by atoms with Crippen LogP contribution in [0.4, 0.5) is 0 Å². The summed E-state index contributed by atoms with van der Waals surface area (Å²) < 4.78 is 7.35. The molecule has 118 valence electrons. The van der Waals surface area contributed by atoms with Gasteiger partial charge in [-0.05, 0) is 20.3 Å². The smallest absolute Gasteiger partial charge is 0.168 e. The van der Waals surface area contributed by atoms with Gasteiger partial charge in [-0.3, -0.25) is 14.4 Å². The van der Waals surface area contributed by atoms with Crippen molar-refractivity contribution in [3.05, 3.63) is 16.4 Å². The molecule has 21 heavy (non-hydrogen) atoms. The number of hydrogen-bond acceptors (Lipinski definition) is 4. The number of halogens is 1. The lowest BCUT2D eigenvalue weighted by Crippen LogP contribution is -2.49. The molecule has 1 aliphatic rings. The number of aryl methyl sites for hydroxylation is 2. The number of morpholine rings is 1. The van der Waals surface area contributed by atoms with E-state index >= 15 is 0 Å². The average molecular weight is 314 g/mol. The molecular weight excluding hydrogens is 290 g/mol. The van der Waals surface area contributed by atoms with Gasteiger partial charge in [0.1, 0.15) is 6.10 Å². The van der Waals surface area contributed by atoms with E-state index < -0.39 is 0 Å². The van der Waals surface area contributed by atoms with Crippen LogP contribution in [-0.4, -0.2) is 52.3 Å². The fourth-order valence-electron chi connectivity index (χ4n) is 2.62. The van der Waals surface area contributed by atoms with Gasteiger partial charge in [-0.15, -0.1) is 0 Å². The SMILES string of the molecule is CCc1nn(C)c(CC(=O)C2CN(C(C)C)CCO2)c1Cl. The molecule has 0 radical (unpaired) electrons. The van der Waals surface area contributed by atoms with Crippen LogP contribution in [0.25, 0.3) is 0 Å². The lowest BCUT2D eigenvalue weighted by atomic mass is 10.1. The van der Waals surface area contributed by atoms with Crippen molar-refractivity contribution in [2.75, 3.05) is 19.7 Å². The zero-order valence-corrected chi connectivity index (χ0v) is 14.0. The van der Waals surface area contributed by atoms with Crippen LogP contribution in [0.15, 0.2) is 0 Å². The average Bonchev–Trinajstić information content (AvgIpc) is 2.74. The normalized spacial score (nSPS) is 20.2. The van der Waals surface area contributed by atoms with Gasteiger partial charge in [0, 0.05) is 26.2 Å². The Morgan fingerprint density at radius 3 is 2.81 bits per heavy atom. The maximum Gasteiger partial charge on any atom is 0.168 e. The molecule has 0 saturated carbocycles. The van der Waals surface area contributed by atoms with Crippen molar-refractivity contribution in [2.45, 2.75) is 45.8 Å². The Hall–Kier alpha value is -0.910. The number of ether oxygens (including phenoxy) is 1. The molecule has 0 N–H and O–H groups in total. The fourth-order valence-corrected chi connectivity index (χ4v) is 2.98. The molecule has 1 aliphatic heterocycles. The van der Waals surface area contributed by atoms with Gasteiger partial charge in [0.05, 0.1) is 29.4 Å². The van der Waals surface area contributed by atoms with E-state index in [-0.39, 0.29) is 18.3 Å². The summed E-state index contributed by atoms with van der Waals surface area (Å²) in [6.45, 7) is 8.43. The van der Waals surface area contributed by atoms with Crippen molar-refractivity contribution >= 4 is 17.4 Å². The van der Waals surface area contributed by atoms with Gasteiger partial charge in [-0.2, -0.15) is 5.10 Å². The fraction of sp³-hybridized carbons (Fsp3) is 0.733. The summed E-state index contributed by atoms with van der Waals surface area (Å²) in [4.78, 5) is 14.8. The molecule has 0 aliphatic carbocycles. The van der Waals surface area contributed by atoms with Gasteiger partial charge in [0.25, 0.3) is 0 Å². The molecular formula is C15H24ClN3O2. The summed E-state index contributed by atoms with van der Waals surface area (Å²) in [5.74, 6) is 0.0768. The second kappa shape index (κ2) is 6.90. The van der Waals surface area contributed by atoms with Gasteiger partial charge < -0.3 is 4.74 Å². The number of carbonyl (C=O) groups excluding carboxylic acids is 1. The molecule has 1 unspecified atom stereocenters.